The van der Waals surface area contributed by atoms with E-state index in [2.05, 4.69) is 29.4 Å². The first-order valence-electron chi connectivity index (χ1n) is 10.1. The number of halogens is 2. The lowest BCUT2D eigenvalue weighted by atomic mass is 9.69. The van der Waals surface area contributed by atoms with Gasteiger partial charge in [0.1, 0.15) is 12.3 Å². The molecule has 0 bridgehead atoms. The SMILES string of the molecule is CC1(CCO)C(=O)N(COCC[Si](C)(C)C)C2(COC2)c2ccc(OC(F)F)nc21. The smallest absolute Gasteiger partial charge is 0.388 e. The van der Waals surface area contributed by atoms with Crippen LogP contribution in [0.2, 0.25) is 25.7 Å². The van der Waals surface area contributed by atoms with Gasteiger partial charge in [0, 0.05) is 32.9 Å². The van der Waals surface area contributed by atoms with Gasteiger partial charge in [0.05, 0.1) is 24.3 Å². The normalized spacial score (nSPS) is 22.9. The molecule has 3 heterocycles. The fraction of sp³-hybridized carbons (Fsp3) is 0.700. The largest absolute Gasteiger partial charge is 0.417 e. The predicted molar refractivity (Wildman–Crippen MR) is 108 cm³/mol. The van der Waals surface area contributed by atoms with E-state index in [9.17, 15) is 18.7 Å². The third-order valence-corrected chi connectivity index (χ3v) is 7.55. The van der Waals surface area contributed by atoms with Crippen LogP contribution in [0.25, 0.3) is 0 Å². The van der Waals surface area contributed by atoms with Crippen LogP contribution < -0.4 is 4.74 Å². The van der Waals surface area contributed by atoms with Crippen molar-refractivity contribution < 1.29 is 32.9 Å². The second-order valence-electron chi connectivity index (χ2n) is 9.34. The molecule has 1 spiro atoms. The summed E-state index contributed by atoms with van der Waals surface area (Å²) in [5, 5.41) is 9.63. The van der Waals surface area contributed by atoms with Crippen LogP contribution in [0.4, 0.5) is 8.78 Å². The molecule has 7 nitrogen and oxygen atoms in total. The number of amides is 1. The quantitative estimate of drug-likeness (QED) is 0.466. The number of carbonyl (C=O) groups excluding carboxylic acids is 1. The molecular weight excluding hydrogens is 414 g/mol. The van der Waals surface area contributed by atoms with Crippen LogP contribution in [0.3, 0.4) is 0 Å². The van der Waals surface area contributed by atoms with Gasteiger partial charge in [0.15, 0.2) is 0 Å². The number of carbonyl (C=O) groups is 1. The molecule has 10 heteroatoms. The number of pyridine rings is 1. The number of aromatic nitrogens is 1. The zero-order chi connectivity index (χ0) is 22.2. The molecule has 1 amide bonds. The Morgan fingerprint density at radius 3 is 2.57 bits per heavy atom. The lowest BCUT2D eigenvalue weighted by molar-refractivity contribution is -0.197. The average Bonchev–Trinajstić information content (AvgIpc) is 2.60. The summed E-state index contributed by atoms with van der Waals surface area (Å²) in [4.78, 5) is 19.5. The second-order valence-corrected chi connectivity index (χ2v) is 15.0. The number of ether oxygens (including phenoxy) is 3. The number of alkyl halides is 2. The highest BCUT2D eigenvalue weighted by Gasteiger charge is 2.59. The van der Waals surface area contributed by atoms with Crippen molar-refractivity contribution in [3.8, 4) is 5.88 Å². The first-order valence-corrected chi connectivity index (χ1v) is 13.8. The summed E-state index contributed by atoms with van der Waals surface area (Å²) in [5.74, 6) is -0.516. The summed E-state index contributed by atoms with van der Waals surface area (Å²) in [7, 11) is -1.28. The van der Waals surface area contributed by atoms with Gasteiger partial charge in [0.2, 0.25) is 11.8 Å². The topological polar surface area (TPSA) is 81.1 Å². The average molecular weight is 445 g/mol. The van der Waals surface area contributed by atoms with E-state index in [1.165, 1.54) is 6.07 Å². The Balaban J connectivity index is 1.96. The minimum Gasteiger partial charge on any atom is -0.417 e. The second kappa shape index (κ2) is 8.49. The van der Waals surface area contributed by atoms with Gasteiger partial charge in [-0.1, -0.05) is 19.6 Å². The molecule has 1 saturated heterocycles. The van der Waals surface area contributed by atoms with Crippen LogP contribution >= 0.6 is 0 Å². The third kappa shape index (κ3) is 4.23. The molecule has 0 radical (unpaired) electrons. The molecule has 1 aromatic rings. The maximum Gasteiger partial charge on any atom is 0.388 e. The number of aliphatic hydroxyl groups excluding tert-OH is 1. The molecule has 1 atom stereocenters. The van der Waals surface area contributed by atoms with Gasteiger partial charge < -0.3 is 24.2 Å². The van der Waals surface area contributed by atoms with Crippen molar-refractivity contribution in [2.24, 2.45) is 0 Å². The summed E-state index contributed by atoms with van der Waals surface area (Å²) in [6.45, 7) is 6.36. The van der Waals surface area contributed by atoms with Crippen LogP contribution in [-0.2, 0) is 25.2 Å². The molecule has 0 aliphatic carbocycles. The van der Waals surface area contributed by atoms with Crippen LogP contribution in [0.15, 0.2) is 12.1 Å². The molecule has 1 fully saturated rings. The zero-order valence-corrected chi connectivity index (χ0v) is 18.9. The number of aliphatic hydroxyl groups is 1. The Kier molecular flexibility index (Phi) is 6.52. The fourth-order valence-corrected chi connectivity index (χ4v) is 4.66. The van der Waals surface area contributed by atoms with E-state index in [0.717, 1.165) is 11.6 Å². The highest BCUT2D eigenvalue weighted by atomic mass is 28.3. The van der Waals surface area contributed by atoms with Crippen molar-refractivity contribution in [1.29, 1.82) is 0 Å². The summed E-state index contributed by atoms with van der Waals surface area (Å²) in [6, 6.07) is 4.02. The molecule has 3 rings (SSSR count). The third-order valence-electron chi connectivity index (χ3n) is 5.85. The van der Waals surface area contributed by atoms with Crippen molar-refractivity contribution in [1.82, 2.24) is 9.88 Å². The van der Waals surface area contributed by atoms with Gasteiger partial charge in [-0.25, -0.2) is 4.98 Å². The lowest BCUT2D eigenvalue weighted by Crippen LogP contribution is -2.68. The molecule has 0 saturated carbocycles. The number of hydrogen-bond acceptors (Lipinski definition) is 6. The van der Waals surface area contributed by atoms with E-state index < -0.39 is 25.6 Å². The first kappa shape index (κ1) is 23.0. The molecule has 1 N–H and O–H groups in total. The maximum atomic E-state index is 13.6. The van der Waals surface area contributed by atoms with Crippen LogP contribution in [0.1, 0.15) is 24.6 Å². The van der Waals surface area contributed by atoms with E-state index in [0.29, 0.717) is 12.3 Å². The van der Waals surface area contributed by atoms with Crippen molar-refractivity contribution in [2.45, 2.75) is 56.6 Å². The number of fused-ring (bicyclic) bond motifs is 2. The molecular formula is C20H30F2N2O5Si. The minimum atomic E-state index is -3.02. The molecule has 2 aliphatic rings. The fourth-order valence-electron chi connectivity index (χ4n) is 3.91. The number of rotatable bonds is 9. The number of nitrogens with zero attached hydrogens (tertiary/aromatic N) is 2. The van der Waals surface area contributed by atoms with Gasteiger partial charge in [-0.15, -0.1) is 0 Å². The van der Waals surface area contributed by atoms with Crippen molar-refractivity contribution in [3.63, 3.8) is 0 Å². The Morgan fingerprint density at radius 2 is 2.03 bits per heavy atom. The highest BCUT2D eigenvalue weighted by Crippen LogP contribution is 2.48. The maximum absolute atomic E-state index is 13.6. The van der Waals surface area contributed by atoms with E-state index in [1.54, 1.807) is 17.9 Å². The molecule has 2 aliphatic heterocycles. The standard InChI is InChI=1S/C20H30F2N2O5Si/c1-19(7-8-25)16-14(5-6-15(23-16)29-18(21)22)20(11-28-12-20)24(17(19)26)13-27-9-10-30(2,3)4/h5-6,18,25H,7-13H2,1-4H3. The van der Waals surface area contributed by atoms with Crippen LogP contribution in [0.5, 0.6) is 5.88 Å². The minimum absolute atomic E-state index is 0.0996. The van der Waals surface area contributed by atoms with Crippen molar-refractivity contribution >= 4 is 14.0 Å². The Hall–Kier alpha value is -1.62. The van der Waals surface area contributed by atoms with E-state index in [-0.39, 0.29) is 44.8 Å². The molecule has 30 heavy (non-hydrogen) atoms. The predicted octanol–water partition coefficient (Wildman–Crippen LogP) is 2.70. The van der Waals surface area contributed by atoms with Crippen molar-refractivity contribution in [3.05, 3.63) is 23.4 Å². The highest BCUT2D eigenvalue weighted by molar-refractivity contribution is 6.76. The van der Waals surface area contributed by atoms with Crippen LogP contribution in [-0.4, -0.2) is 68.7 Å². The monoisotopic (exact) mass is 444 g/mol. The Morgan fingerprint density at radius 1 is 1.33 bits per heavy atom. The van der Waals surface area contributed by atoms with E-state index >= 15 is 0 Å². The number of hydrogen-bond donors (Lipinski definition) is 1. The molecule has 168 valence electrons. The van der Waals surface area contributed by atoms with Gasteiger partial charge in [0.25, 0.3) is 0 Å². The summed E-state index contributed by atoms with van der Waals surface area (Å²) >= 11 is 0. The van der Waals surface area contributed by atoms with Gasteiger partial charge in [-0.05, 0) is 25.5 Å². The van der Waals surface area contributed by atoms with E-state index in [1.807, 2.05) is 0 Å². The molecule has 0 aromatic carbocycles. The summed E-state index contributed by atoms with van der Waals surface area (Å²) < 4.78 is 41.2. The van der Waals surface area contributed by atoms with Crippen LogP contribution in [0, 0.1) is 0 Å². The van der Waals surface area contributed by atoms with E-state index in [4.69, 9.17) is 9.47 Å². The first-order chi connectivity index (χ1) is 14.0. The molecule has 1 unspecified atom stereocenters. The lowest BCUT2D eigenvalue weighted by Gasteiger charge is -2.56. The summed E-state index contributed by atoms with van der Waals surface area (Å²) in [5.41, 5.74) is -0.869. The molecule has 1 aromatic heterocycles. The summed E-state index contributed by atoms with van der Waals surface area (Å²) in [6.07, 6.45) is 0.103. The van der Waals surface area contributed by atoms with Gasteiger partial charge in [-0.2, -0.15) is 8.78 Å². The Labute approximate surface area is 176 Å². The van der Waals surface area contributed by atoms with Crippen molar-refractivity contribution in [2.75, 3.05) is 33.2 Å². The Bertz CT molecular complexity index is 785. The zero-order valence-electron chi connectivity index (χ0n) is 17.9. The van der Waals surface area contributed by atoms with Gasteiger partial charge >= 0.3 is 6.61 Å². The van der Waals surface area contributed by atoms with Gasteiger partial charge in [-0.3, -0.25) is 4.79 Å².